The maximum absolute atomic E-state index is 10.0. The standard InChI is InChI=1S/C10H13N5O4S.C6H6N.Hg/c11-10-13-7-4(8(20)14-10)12-2-15(7)9-6(18)5(17)3(1-16)19-9;7-6-4-2-1-3-5-6;/h2-3,5-6,9,16-18H,1H2,(H3,11,13,14,20);2-5H,7H2;/t3-,5-,6-,9-;;/m1../s1. The van der Waals surface area contributed by atoms with Crippen LogP contribution < -0.4 is 14.5 Å². The second-order valence-corrected chi connectivity index (χ2v) is 9.81. The normalized spacial score (nSPS) is 24.2. The molecule has 0 unspecified atom stereocenters. The van der Waals surface area contributed by atoms with Gasteiger partial charge in [-0.2, -0.15) is 0 Å². The number of aromatic nitrogens is 4. The molecule has 0 radical (unpaired) electrons. The largest absolute Gasteiger partial charge is 0.394 e. The van der Waals surface area contributed by atoms with Crippen LogP contribution in [0.3, 0.4) is 0 Å². The van der Waals surface area contributed by atoms with Crippen LogP contribution in [0.2, 0.25) is 0 Å². The number of aliphatic hydroxyl groups excluding tert-OH is 3. The SMILES string of the molecule is Nc1cc[c]([Hg])cc1.Nc1nc(=S)c2ncn([C@@H]3O[C@H](CO)[C@@H](O)[C@H]3O)c2[nH]1. The maximum Gasteiger partial charge on any atom is 0.200 e. The molecule has 1 saturated heterocycles. The Bertz CT molecular complexity index is 990. The summed E-state index contributed by atoms with van der Waals surface area (Å²) in [6.45, 7) is -0.402. The van der Waals surface area contributed by atoms with Crippen LogP contribution in [0.25, 0.3) is 11.2 Å². The van der Waals surface area contributed by atoms with Gasteiger partial charge in [0.2, 0.25) is 0 Å². The second-order valence-electron chi connectivity index (χ2n) is 6.25. The Hall–Kier alpha value is -1.63. The van der Waals surface area contributed by atoms with E-state index in [1.165, 1.54) is 14.0 Å². The van der Waals surface area contributed by atoms with Crippen LogP contribution in [0, 0.1) is 4.64 Å². The first-order valence-electron chi connectivity index (χ1n) is 8.34. The van der Waals surface area contributed by atoms with Crippen LogP contribution in [-0.4, -0.2) is 59.8 Å². The number of aromatic amines is 1. The Balaban J connectivity index is 0.000000236. The van der Waals surface area contributed by atoms with Gasteiger partial charge in [0, 0.05) is 0 Å². The number of rotatable bonds is 2. The summed E-state index contributed by atoms with van der Waals surface area (Å²) in [6.07, 6.45) is -2.77. The summed E-state index contributed by atoms with van der Waals surface area (Å²) < 4.78 is 8.56. The molecule has 1 aromatic carbocycles. The number of nitrogens with two attached hydrogens (primary N) is 2. The van der Waals surface area contributed by atoms with E-state index < -0.39 is 31.1 Å². The molecule has 1 aliphatic heterocycles. The maximum atomic E-state index is 10.0. The van der Waals surface area contributed by atoms with Gasteiger partial charge in [-0.3, -0.25) is 4.57 Å². The topological polar surface area (TPSA) is 168 Å². The van der Waals surface area contributed by atoms with E-state index in [9.17, 15) is 10.2 Å². The molecule has 0 spiro atoms. The van der Waals surface area contributed by atoms with Crippen LogP contribution in [0.5, 0.6) is 0 Å². The van der Waals surface area contributed by atoms with Crippen molar-refractivity contribution < 1.29 is 46.2 Å². The summed E-state index contributed by atoms with van der Waals surface area (Å²) in [4.78, 5) is 10.8. The van der Waals surface area contributed by atoms with Gasteiger partial charge in [0.25, 0.3) is 0 Å². The Kier molecular flexibility index (Phi) is 6.63. The van der Waals surface area contributed by atoms with Gasteiger partial charge in [0.1, 0.15) is 29.5 Å². The van der Waals surface area contributed by atoms with Crippen molar-refractivity contribution in [3.63, 3.8) is 0 Å². The molecule has 12 heteroatoms. The van der Waals surface area contributed by atoms with Crippen molar-refractivity contribution in [2.45, 2.75) is 24.5 Å². The molecule has 0 amide bonds. The molecule has 145 valence electrons. The minimum Gasteiger partial charge on any atom is -0.394 e. The Morgan fingerprint density at radius 3 is 2.46 bits per heavy atom. The Labute approximate surface area is 181 Å². The van der Waals surface area contributed by atoms with Gasteiger partial charge >= 0.3 is 64.9 Å². The average Bonchev–Trinajstić information content (AvgIpc) is 3.20. The number of anilines is 2. The van der Waals surface area contributed by atoms with Crippen molar-refractivity contribution in [2.75, 3.05) is 18.1 Å². The van der Waals surface area contributed by atoms with E-state index in [0.29, 0.717) is 11.2 Å². The third-order valence-electron chi connectivity index (χ3n) is 4.24. The minimum atomic E-state index is -1.21. The molecular formula is C16H19HgN6O4S. The molecule has 10 nitrogen and oxygen atoms in total. The Morgan fingerprint density at radius 2 is 1.89 bits per heavy atom. The molecule has 3 aromatic rings. The van der Waals surface area contributed by atoms with Crippen LogP contribution in [0.4, 0.5) is 11.6 Å². The molecule has 0 saturated carbocycles. The van der Waals surface area contributed by atoms with Gasteiger partial charge in [0.15, 0.2) is 16.8 Å². The Morgan fingerprint density at radius 1 is 1.21 bits per heavy atom. The van der Waals surface area contributed by atoms with Crippen molar-refractivity contribution in [3.8, 4) is 0 Å². The fourth-order valence-corrected chi connectivity index (χ4v) is 3.94. The molecule has 4 atom stereocenters. The number of fused-ring (bicyclic) bond motifs is 1. The van der Waals surface area contributed by atoms with E-state index in [2.05, 4.69) is 27.1 Å². The molecule has 4 rings (SSSR count). The molecular weight excluding hydrogens is 573 g/mol. The predicted molar refractivity (Wildman–Crippen MR) is 101 cm³/mol. The van der Waals surface area contributed by atoms with Gasteiger partial charge in [-0.25, -0.2) is 9.97 Å². The number of nitrogens with one attached hydrogen (secondary N) is 1. The van der Waals surface area contributed by atoms with Gasteiger partial charge in [-0.1, -0.05) is 12.2 Å². The van der Waals surface area contributed by atoms with Crippen LogP contribution in [-0.2, 0) is 30.9 Å². The molecule has 3 heterocycles. The van der Waals surface area contributed by atoms with Crippen molar-refractivity contribution in [3.05, 3.63) is 35.2 Å². The van der Waals surface area contributed by atoms with Gasteiger partial charge in [-0.15, -0.1) is 0 Å². The van der Waals surface area contributed by atoms with Gasteiger partial charge in [-0.05, 0) is 0 Å². The van der Waals surface area contributed by atoms with E-state index in [0.717, 1.165) is 31.8 Å². The van der Waals surface area contributed by atoms with Crippen molar-refractivity contribution >= 4 is 38.1 Å². The quantitative estimate of drug-likeness (QED) is 0.126. The summed E-state index contributed by atoms with van der Waals surface area (Å²) >= 11 is 5.79. The number of nitrogens with zero attached hydrogens (tertiary/aromatic N) is 3. The minimum absolute atomic E-state index is 0.107. The third kappa shape index (κ3) is 4.34. The number of H-pyrrole nitrogens is 1. The first-order chi connectivity index (χ1) is 13.3. The summed E-state index contributed by atoms with van der Waals surface area (Å²) in [5.41, 5.74) is 12.7. The van der Waals surface area contributed by atoms with Crippen molar-refractivity contribution in [1.82, 2.24) is 19.5 Å². The van der Waals surface area contributed by atoms with E-state index in [4.69, 9.17) is 33.5 Å². The molecule has 8 N–H and O–H groups in total. The molecule has 28 heavy (non-hydrogen) atoms. The number of hydrogen-bond acceptors (Lipinski definition) is 9. The second kappa shape index (κ2) is 8.80. The summed E-state index contributed by atoms with van der Waals surface area (Å²) in [5, 5.41) is 28.9. The molecule has 1 aliphatic rings. The average molecular weight is 592 g/mol. The van der Waals surface area contributed by atoms with E-state index >= 15 is 0 Å². The first kappa shape index (κ1) is 21.1. The number of aliphatic hydroxyl groups is 3. The number of hydrogen-bond donors (Lipinski definition) is 6. The van der Waals surface area contributed by atoms with Crippen molar-refractivity contribution in [2.24, 2.45) is 0 Å². The zero-order valence-electron chi connectivity index (χ0n) is 14.8. The fourth-order valence-electron chi connectivity index (χ4n) is 2.77. The fraction of sp³-hybridized carbons (Fsp3) is 0.312. The molecule has 2 aromatic heterocycles. The third-order valence-corrected chi connectivity index (χ3v) is 6.35. The van der Waals surface area contributed by atoms with Gasteiger partial charge < -0.3 is 30.8 Å². The summed E-state index contributed by atoms with van der Waals surface area (Å²) in [6, 6.07) is 8.06. The van der Waals surface area contributed by atoms with Crippen LogP contribution >= 0.6 is 12.2 Å². The van der Waals surface area contributed by atoms with Crippen molar-refractivity contribution in [1.29, 1.82) is 0 Å². The van der Waals surface area contributed by atoms with E-state index in [1.54, 1.807) is 0 Å². The zero-order chi connectivity index (χ0) is 20.4. The molecule has 0 aliphatic carbocycles. The van der Waals surface area contributed by atoms with E-state index in [1.807, 2.05) is 12.1 Å². The number of nitrogen functional groups attached to an aromatic ring is 2. The monoisotopic (exact) mass is 593 g/mol. The smallest absolute Gasteiger partial charge is 0.200 e. The summed E-state index contributed by atoms with van der Waals surface area (Å²) in [5.74, 6) is 0.107. The summed E-state index contributed by atoms with van der Waals surface area (Å²) in [7, 11) is 0. The van der Waals surface area contributed by atoms with E-state index in [-0.39, 0.29) is 10.6 Å². The molecule has 0 bridgehead atoms. The predicted octanol–water partition coefficient (Wildman–Crippen LogP) is -0.877. The number of benzene rings is 1. The molecule has 1 fully saturated rings. The number of imidazole rings is 1. The zero-order valence-corrected chi connectivity index (χ0v) is 21.1. The first-order valence-corrected chi connectivity index (χ1v) is 11.5. The van der Waals surface area contributed by atoms with Crippen LogP contribution in [0.1, 0.15) is 6.23 Å². The number of ether oxygens (including phenoxy) is 1. The van der Waals surface area contributed by atoms with Gasteiger partial charge in [0.05, 0.1) is 12.9 Å². The van der Waals surface area contributed by atoms with Crippen LogP contribution in [0.15, 0.2) is 30.6 Å².